The summed E-state index contributed by atoms with van der Waals surface area (Å²) < 4.78 is 0. The Hall–Kier alpha value is -0.570. The summed E-state index contributed by atoms with van der Waals surface area (Å²) in [5, 5.41) is 11.3. The number of halogens is 1. The summed E-state index contributed by atoms with van der Waals surface area (Å²) in [6.45, 7) is 2.77. The minimum absolute atomic E-state index is 0.146. The number of benzene rings is 1. The van der Waals surface area contributed by atoms with Crippen molar-refractivity contribution in [3.63, 3.8) is 0 Å². The Morgan fingerprint density at radius 1 is 1.47 bits per heavy atom. The molecule has 1 aromatic carbocycles. The molecule has 3 atom stereocenters. The predicted molar refractivity (Wildman–Crippen MR) is 70.9 cm³/mol. The van der Waals surface area contributed by atoms with E-state index in [1.165, 1.54) is 0 Å². The zero-order valence-corrected chi connectivity index (χ0v) is 11.0. The summed E-state index contributed by atoms with van der Waals surface area (Å²) in [6, 6.07) is 7.44. The highest BCUT2D eigenvalue weighted by Gasteiger charge is 2.42. The lowest BCUT2D eigenvalue weighted by Gasteiger charge is -2.33. The van der Waals surface area contributed by atoms with Crippen molar-refractivity contribution < 1.29 is 5.11 Å². The van der Waals surface area contributed by atoms with E-state index in [0.29, 0.717) is 17.5 Å². The third kappa shape index (κ3) is 2.49. The smallest absolute Gasteiger partial charge is 0.0858 e. The molecule has 17 heavy (non-hydrogen) atoms. The van der Waals surface area contributed by atoms with Crippen molar-refractivity contribution in [2.24, 2.45) is 17.1 Å². The van der Waals surface area contributed by atoms with E-state index in [1.54, 1.807) is 0 Å². The van der Waals surface area contributed by atoms with Crippen LogP contribution in [0.2, 0.25) is 5.02 Å². The van der Waals surface area contributed by atoms with Crippen LogP contribution in [0.25, 0.3) is 0 Å². The second-order valence-electron chi connectivity index (χ2n) is 5.37. The molecular formula is C14H20ClNO. The number of hydrogen-bond acceptors (Lipinski definition) is 2. The largest absolute Gasteiger partial charge is 0.388 e. The van der Waals surface area contributed by atoms with Gasteiger partial charge in [-0.1, -0.05) is 37.1 Å². The van der Waals surface area contributed by atoms with Gasteiger partial charge in [-0.3, -0.25) is 0 Å². The van der Waals surface area contributed by atoms with Gasteiger partial charge in [0.1, 0.15) is 0 Å². The lowest BCUT2D eigenvalue weighted by molar-refractivity contribution is 0.0308. The summed E-state index contributed by atoms with van der Waals surface area (Å²) in [5.41, 5.74) is 6.69. The molecule has 0 heterocycles. The Labute approximate surface area is 108 Å². The fourth-order valence-electron chi connectivity index (χ4n) is 2.98. The van der Waals surface area contributed by atoms with Crippen LogP contribution in [0.5, 0.6) is 0 Å². The summed E-state index contributed by atoms with van der Waals surface area (Å²) in [7, 11) is 0. The van der Waals surface area contributed by atoms with E-state index in [4.69, 9.17) is 17.3 Å². The van der Waals surface area contributed by atoms with Crippen molar-refractivity contribution >= 4 is 11.6 Å². The van der Waals surface area contributed by atoms with Crippen LogP contribution in [0, 0.1) is 11.3 Å². The summed E-state index contributed by atoms with van der Waals surface area (Å²) in [5.74, 6) is 0.653. The molecule has 94 valence electrons. The first kappa shape index (κ1) is 12.9. The van der Waals surface area contributed by atoms with E-state index in [2.05, 4.69) is 6.92 Å². The average molecular weight is 254 g/mol. The van der Waals surface area contributed by atoms with Crippen LogP contribution in [-0.2, 0) is 0 Å². The van der Waals surface area contributed by atoms with Crippen LogP contribution in [0.15, 0.2) is 24.3 Å². The lowest BCUT2D eigenvalue weighted by Crippen LogP contribution is -2.34. The lowest BCUT2D eigenvalue weighted by atomic mass is 9.77. The standard InChI is InChI=1S/C14H20ClNO/c1-10-6-7-14(8-10,9-16)13(17)11-2-4-12(15)5-3-11/h2-5,10,13,17H,6-9,16H2,1H3. The molecule has 0 spiro atoms. The number of rotatable bonds is 3. The zero-order chi connectivity index (χ0) is 12.5. The van der Waals surface area contributed by atoms with E-state index >= 15 is 0 Å². The van der Waals surface area contributed by atoms with Crippen LogP contribution in [-0.4, -0.2) is 11.7 Å². The van der Waals surface area contributed by atoms with Crippen LogP contribution < -0.4 is 5.73 Å². The molecule has 0 amide bonds. The van der Waals surface area contributed by atoms with Gasteiger partial charge in [-0.15, -0.1) is 0 Å². The molecule has 1 aromatic rings. The van der Waals surface area contributed by atoms with E-state index in [1.807, 2.05) is 24.3 Å². The van der Waals surface area contributed by atoms with E-state index in [0.717, 1.165) is 24.8 Å². The monoisotopic (exact) mass is 253 g/mol. The SMILES string of the molecule is CC1CCC(CN)(C(O)c2ccc(Cl)cc2)C1. The van der Waals surface area contributed by atoms with Crippen molar-refractivity contribution in [1.29, 1.82) is 0 Å². The second kappa shape index (κ2) is 4.97. The Balaban J connectivity index is 2.23. The molecule has 1 aliphatic rings. The van der Waals surface area contributed by atoms with Crippen LogP contribution in [0.4, 0.5) is 0 Å². The van der Waals surface area contributed by atoms with Crippen LogP contribution in [0.1, 0.15) is 37.9 Å². The second-order valence-corrected chi connectivity index (χ2v) is 5.80. The third-order valence-electron chi connectivity index (χ3n) is 4.06. The van der Waals surface area contributed by atoms with Gasteiger partial charge in [-0.25, -0.2) is 0 Å². The highest BCUT2D eigenvalue weighted by atomic mass is 35.5. The van der Waals surface area contributed by atoms with E-state index in [-0.39, 0.29) is 5.41 Å². The van der Waals surface area contributed by atoms with Crippen LogP contribution >= 0.6 is 11.6 Å². The summed E-state index contributed by atoms with van der Waals surface area (Å²) in [6.07, 6.45) is 2.69. The van der Waals surface area contributed by atoms with Gasteiger partial charge < -0.3 is 10.8 Å². The first-order chi connectivity index (χ1) is 8.07. The predicted octanol–water partition coefficient (Wildman–Crippen LogP) is 3.14. The van der Waals surface area contributed by atoms with Gasteiger partial charge in [0, 0.05) is 17.0 Å². The van der Waals surface area contributed by atoms with Crippen LogP contribution in [0.3, 0.4) is 0 Å². The van der Waals surface area contributed by atoms with E-state index in [9.17, 15) is 5.11 Å². The Kier molecular flexibility index (Phi) is 3.76. The van der Waals surface area contributed by atoms with Gasteiger partial charge >= 0.3 is 0 Å². The van der Waals surface area contributed by atoms with Gasteiger partial charge in [0.05, 0.1) is 6.10 Å². The van der Waals surface area contributed by atoms with E-state index < -0.39 is 6.10 Å². The fraction of sp³-hybridized carbons (Fsp3) is 0.571. The topological polar surface area (TPSA) is 46.2 Å². The van der Waals surface area contributed by atoms with Crippen molar-refractivity contribution in [1.82, 2.24) is 0 Å². The molecule has 3 heteroatoms. The van der Waals surface area contributed by atoms with Crippen molar-refractivity contribution in [2.75, 3.05) is 6.54 Å². The van der Waals surface area contributed by atoms with Crippen molar-refractivity contribution in [3.05, 3.63) is 34.9 Å². The van der Waals surface area contributed by atoms with Gasteiger partial charge in [-0.2, -0.15) is 0 Å². The molecule has 1 fully saturated rings. The van der Waals surface area contributed by atoms with Gasteiger partial charge in [0.15, 0.2) is 0 Å². The molecule has 0 bridgehead atoms. The highest BCUT2D eigenvalue weighted by Crippen LogP contribution is 2.49. The first-order valence-corrected chi connectivity index (χ1v) is 6.59. The molecule has 3 unspecified atom stereocenters. The van der Waals surface area contributed by atoms with Gasteiger partial charge in [0.2, 0.25) is 0 Å². The minimum Gasteiger partial charge on any atom is -0.388 e. The highest BCUT2D eigenvalue weighted by molar-refractivity contribution is 6.30. The Morgan fingerprint density at radius 3 is 2.59 bits per heavy atom. The number of hydrogen-bond donors (Lipinski definition) is 2. The summed E-state index contributed by atoms with van der Waals surface area (Å²) in [4.78, 5) is 0. The zero-order valence-electron chi connectivity index (χ0n) is 10.2. The maximum absolute atomic E-state index is 10.6. The molecule has 0 aliphatic heterocycles. The van der Waals surface area contributed by atoms with Gasteiger partial charge in [0.25, 0.3) is 0 Å². The molecule has 1 aliphatic carbocycles. The molecule has 2 rings (SSSR count). The fourth-order valence-corrected chi connectivity index (χ4v) is 3.10. The Morgan fingerprint density at radius 2 is 2.12 bits per heavy atom. The summed E-state index contributed by atoms with van der Waals surface area (Å²) >= 11 is 5.86. The molecular weight excluding hydrogens is 234 g/mol. The van der Waals surface area contributed by atoms with Gasteiger partial charge in [-0.05, 0) is 36.5 Å². The number of aliphatic hydroxyl groups is 1. The maximum Gasteiger partial charge on any atom is 0.0858 e. The average Bonchev–Trinajstić information content (AvgIpc) is 2.72. The molecule has 3 N–H and O–H groups in total. The van der Waals surface area contributed by atoms with Crippen molar-refractivity contribution in [3.8, 4) is 0 Å². The first-order valence-electron chi connectivity index (χ1n) is 6.21. The number of aliphatic hydroxyl groups excluding tert-OH is 1. The normalized spacial score (nSPS) is 30.5. The number of nitrogens with two attached hydrogens (primary N) is 1. The molecule has 2 nitrogen and oxygen atoms in total. The molecule has 0 saturated heterocycles. The molecule has 0 aromatic heterocycles. The third-order valence-corrected chi connectivity index (χ3v) is 4.31. The minimum atomic E-state index is -0.477. The quantitative estimate of drug-likeness (QED) is 0.869. The maximum atomic E-state index is 10.6. The molecule has 1 saturated carbocycles. The van der Waals surface area contributed by atoms with Crippen molar-refractivity contribution in [2.45, 2.75) is 32.3 Å². The molecule has 0 radical (unpaired) electrons. The Bertz CT molecular complexity index is 378.